The van der Waals surface area contributed by atoms with E-state index in [1.165, 1.54) is 18.3 Å². The lowest BCUT2D eigenvalue weighted by atomic mass is 10.2. The van der Waals surface area contributed by atoms with Crippen molar-refractivity contribution in [3.63, 3.8) is 0 Å². The van der Waals surface area contributed by atoms with Crippen LogP contribution >= 0.6 is 11.6 Å². The number of benzene rings is 1. The van der Waals surface area contributed by atoms with E-state index in [2.05, 4.69) is 9.71 Å². The van der Waals surface area contributed by atoms with Gasteiger partial charge >= 0.3 is 0 Å². The zero-order valence-electron chi connectivity index (χ0n) is 10.9. The first-order valence-corrected chi connectivity index (χ1v) is 7.57. The van der Waals surface area contributed by atoms with Gasteiger partial charge in [-0.3, -0.25) is 4.72 Å². The van der Waals surface area contributed by atoms with Gasteiger partial charge in [0, 0.05) is 11.9 Å². The summed E-state index contributed by atoms with van der Waals surface area (Å²) in [6.07, 6.45) is 1.21. The lowest BCUT2D eigenvalue weighted by molar-refractivity contribution is 0.412. The third kappa shape index (κ3) is 3.20. The second-order valence-corrected chi connectivity index (χ2v) is 6.18. The van der Waals surface area contributed by atoms with Crippen LogP contribution in [0.25, 0.3) is 0 Å². The summed E-state index contributed by atoms with van der Waals surface area (Å²) >= 11 is 5.64. The third-order valence-electron chi connectivity index (χ3n) is 2.66. The van der Waals surface area contributed by atoms with Gasteiger partial charge < -0.3 is 4.74 Å². The molecule has 1 aromatic carbocycles. The van der Waals surface area contributed by atoms with E-state index >= 15 is 0 Å². The number of methoxy groups -OCH3 is 1. The zero-order chi connectivity index (χ0) is 14.8. The first-order valence-electron chi connectivity index (χ1n) is 5.71. The van der Waals surface area contributed by atoms with Crippen molar-refractivity contribution in [2.24, 2.45) is 0 Å². The number of aryl methyl sites for hydroxylation is 1. The molecule has 0 atom stereocenters. The first kappa shape index (κ1) is 14.6. The van der Waals surface area contributed by atoms with Gasteiger partial charge in [0.05, 0.1) is 7.11 Å². The van der Waals surface area contributed by atoms with Crippen LogP contribution in [0.15, 0.2) is 41.4 Å². The quantitative estimate of drug-likeness (QED) is 0.881. The van der Waals surface area contributed by atoms with Crippen LogP contribution in [0, 0.1) is 6.92 Å². The summed E-state index contributed by atoms with van der Waals surface area (Å²) in [7, 11) is -2.12. The molecule has 0 bridgehead atoms. The van der Waals surface area contributed by atoms with Crippen molar-refractivity contribution in [2.45, 2.75) is 11.8 Å². The summed E-state index contributed by atoms with van der Waals surface area (Å²) in [5, 5.41) is 0.240. The molecule has 0 aliphatic rings. The van der Waals surface area contributed by atoms with E-state index in [4.69, 9.17) is 16.3 Å². The molecule has 0 aliphatic carbocycles. The lowest BCUT2D eigenvalue weighted by Gasteiger charge is -2.10. The number of aromatic nitrogens is 1. The second kappa shape index (κ2) is 5.68. The minimum absolute atomic E-state index is 0.0513. The van der Waals surface area contributed by atoms with Gasteiger partial charge in [0.2, 0.25) is 0 Å². The Morgan fingerprint density at radius 2 is 2.00 bits per heavy atom. The maximum atomic E-state index is 12.2. The third-order valence-corrected chi connectivity index (χ3v) is 4.25. The van der Waals surface area contributed by atoms with E-state index in [1.807, 2.05) is 6.92 Å². The van der Waals surface area contributed by atoms with Crippen LogP contribution < -0.4 is 9.46 Å². The van der Waals surface area contributed by atoms with E-state index in [1.54, 1.807) is 25.3 Å². The Morgan fingerprint density at radius 1 is 1.25 bits per heavy atom. The highest BCUT2D eigenvalue weighted by Gasteiger charge is 2.15. The summed E-state index contributed by atoms with van der Waals surface area (Å²) in [5.74, 6) is 0.695. The number of nitrogens with one attached hydrogen (secondary N) is 1. The molecule has 0 unspecified atom stereocenters. The topological polar surface area (TPSA) is 68.3 Å². The summed E-state index contributed by atoms with van der Waals surface area (Å²) in [6, 6.07) is 7.85. The lowest BCUT2D eigenvalue weighted by Crippen LogP contribution is -2.13. The molecule has 0 saturated carbocycles. The average Bonchev–Trinajstić information content (AvgIpc) is 2.39. The van der Waals surface area contributed by atoms with Crippen LogP contribution in [-0.2, 0) is 10.0 Å². The van der Waals surface area contributed by atoms with Crippen LogP contribution in [0.5, 0.6) is 5.75 Å². The monoisotopic (exact) mass is 312 g/mol. The molecule has 106 valence electrons. The van der Waals surface area contributed by atoms with Crippen LogP contribution in [0.2, 0.25) is 5.15 Å². The van der Waals surface area contributed by atoms with E-state index in [0.29, 0.717) is 11.4 Å². The maximum absolute atomic E-state index is 12.2. The highest BCUT2D eigenvalue weighted by atomic mass is 35.5. The van der Waals surface area contributed by atoms with Gasteiger partial charge in [-0.2, -0.15) is 0 Å². The van der Waals surface area contributed by atoms with Crippen molar-refractivity contribution in [3.05, 3.63) is 47.2 Å². The van der Waals surface area contributed by atoms with Gasteiger partial charge in [-0.15, -0.1) is 0 Å². The Kier molecular flexibility index (Phi) is 4.15. The first-order chi connectivity index (χ1) is 9.42. The highest BCUT2D eigenvalue weighted by Crippen LogP contribution is 2.23. The van der Waals surface area contributed by atoms with Gasteiger partial charge in [-0.1, -0.05) is 11.6 Å². The van der Waals surface area contributed by atoms with E-state index in [9.17, 15) is 8.42 Å². The summed E-state index contributed by atoms with van der Waals surface area (Å²) < 4.78 is 31.9. The normalized spacial score (nSPS) is 11.2. The van der Waals surface area contributed by atoms with Crippen LogP contribution in [-0.4, -0.2) is 20.5 Å². The number of anilines is 1. The second-order valence-electron chi connectivity index (χ2n) is 4.11. The van der Waals surface area contributed by atoms with Gasteiger partial charge in [-0.25, -0.2) is 13.4 Å². The summed E-state index contributed by atoms with van der Waals surface area (Å²) in [4.78, 5) is 3.81. The molecular weight excluding hydrogens is 300 g/mol. The predicted molar refractivity (Wildman–Crippen MR) is 77.8 cm³/mol. The number of ether oxygens (including phenoxy) is 1. The number of halogens is 1. The average molecular weight is 313 g/mol. The maximum Gasteiger partial charge on any atom is 0.263 e. The molecule has 1 N–H and O–H groups in total. The summed E-state index contributed by atoms with van der Waals surface area (Å²) in [5.41, 5.74) is 1.29. The van der Waals surface area contributed by atoms with Crippen LogP contribution in [0.3, 0.4) is 0 Å². The largest absolute Gasteiger partial charge is 0.496 e. The molecule has 1 heterocycles. The van der Waals surface area contributed by atoms with Gasteiger partial charge in [0.1, 0.15) is 15.8 Å². The van der Waals surface area contributed by atoms with Crippen LogP contribution in [0.1, 0.15) is 5.56 Å². The molecule has 1 aromatic heterocycles. The SMILES string of the molecule is COc1ccc(NS(=O)(=O)c2ccc(Cl)nc2)cc1C. The Morgan fingerprint density at radius 3 is 2.55 bits per heavy atom. The number of pyridine rings is 1. The molecular formula is C13H13ClN2O3S. The molecule has 0 radical (unpaired) electrons. The van der Waals surface area contributed by atoms with E-state index in [0.717, 1.165) is 5.56 Å². The summed E-state index contributed by atoms with van der Waals surface area (Å²) in [6.45, 7) is 1.83. The molecule has 0 spiro atoms. The molecule has 20 heavy (non-hydrogen) atoms. The number of hydrogen-bond acceptors (Lipinski definition) is 4. The van der Waals surface area contributed by atoms with Crippen molar-refractivity contribution >= 4 is 27.3 Å². The fourth-order valence-electron chi connectivity index (χ4n) is 1.68. The fraction of sp³-hybridized carbons (Fsp3) is 0.154. The van der Waals surface area contributed by atoms with Crippen molar-refractivity contribution < 1.29 is 13.2 Å². The van der Waals surface area contributed by atoms with Crippen molar-refractivity contribution in [2.75, 3.05) is 11.8 Å². The van der Waals surface area contributed by atoms with E-state index < -0.39 is 10.0 Å². The molecule has 0 amide bonds. The Labute approximate surface area is 122 Å². The fourth-order valence-corrected chi connectivity index (χ4v) is 2.78. The number of hydrogen-bond donors (Lipinski definition) is 1. The molecule has 7 heteroatoms. The number of nitrogens with zero attached hydrogens (tertiary/aromatic N) is 1. The van der Waals surface area contributed by atoms with Crippen molar-refractivity contribution in [1.29, 1.82) is 0 Å². The van der Waals surface area contributed by atoms with Crippen LogP contribution in [0.4, 0.5) is 5.69 Å². The Bertz CT molecular complexity index is 715. The van der Waals surface area contributed by atoms with Gasteiger partial charge in [0.25, 0.3) is 10.0 Å². The standard InChI is InChI=1S/C13H13ClN2O3S/c1-9-7-10(3-5-12(9)19-2)16-20(17,18)11-4-6-13(14)15-8-11/h3-8,16H,1-2H3. The van der Waals surface area contributed by atoms with Gasteiger partial charge in [-0.05, 0) is 42.8 Å². The van der Waals surface area contributed by atoms with E-state index in [-0.39, 0.29) is 10.0 Å². The molecule has 0 saturated heterocycles. The zero-order valence-corrected chi connectivity index (χ0v) is 12.5. The number of rotatable bonds is 4. The van der Waals surface area contributed by atoms with Crippen molar-refractivity contribution in [1.82, 2.24) is 4.98 Å². The molecule has 2 rings (SSSR count). The Hall–Kier alpha value is -1.79. The smallest absolute Gasteiger partial charge is 0.263 e. The molecule has 0 fully saturated rings. The molecule has 2 aromatic rings. The Balaban J connectivity index is 2.28. The predicted octanol–water partition coefficient (Wildman–Crippen LogP) is 2.85. The number of sulfonamides is 1. The minimum Gasteiger partial charge on any atom is -0.496 e. The highest BCUT2D eigenvalue weighted by molar-refractivity contribution is 7.92. The van der Waals surface area contributed by atoms with Crippen molar-refractivity contribution in [3.8, 4) is 5.75 Å². The van der Waals surface area contributed by atoms with Gasteiger partial charge in [0.15, 0.2) is 0 Å². The molecule has 0 aliphatic heterocycles. The molecule has 5 nitrogen and oxygen atoms in total. The minimum atomic E-state index is -3.68.